The van der Waals surface area contributed by atoms with Crippen LogP contribution < -0.4 is 10.1 Å². The number of H-pyrrole nitrogens is 1. The Morgan fingerprint density at radius 2 is 2.21 bits per heavy atom. The van der Waals surface area contributed by atoms with Gasteiger partial charge in [-0.25, -0.2) is 4.98 Å². The Morgan fingerprint density at radius 3 is 2.84 bits per heavy atom. The second-order valence-corrected chi connectivity index (χ2v) is 5.56. The van der Waals surface area contributed by atoms with Crippen molar-refractivity contribution in [3.8, 4) is 11.8 Å². The molecule has 102 valence electrons. The van der Waals surface area contributed by atoms with Gasteiger partial charge in [0.2, 0.25) is 11.8 Å². The van der Waals surface area contributed by atoms with Gasteiger partial charge in [0.15, 0.2) is 0 Å². The number of nitrogens with one attached hydrogen (secondary N) is 2. The summed E-state index contributed by atoms with van der Waals surface area (Å²) in [4.78, 5) is 4.30. The van der Waals surface area contributed by atoms with Crippen LogP contribution in [0.3, 0.4) is 0 Å². The average Bonchev–Trinajstić information content (AvgIpc) is 2.75. The molecule has 6 heteroatoms. The van der Waals surface area contributed by atoms with Gasteiger partial charge in [-0.05, 0) is 28.9 Å². The number of aromatic nitrogens is 3. The van der Waals surface area contributed by atoms with Gasteiger partial charge in [-0.15, -0.1) is 5.10 Å². The van der Waals surface area contributed by atoms with Crippen molar-refractivity contribution in [1.82, 2.24) is 20.5 Å². The number of aromatic amines is 1. The van der Waals surface area contributed by atoms with Crippen LogP contribution in [-0.2, 0) is 6.54 Å². The number of hydrogen-bond acceptors (Lipinski definition) is 4. The molecule has 2 heterocycles. The largest absolute Gasteiger partial charge is 0.419 e. The van der Waals surface area contributed by atoms with E-state index in [2.05, 4.69) is 50.3 Å². The second kappa shape index (κ2) is 6.16. The number of aryl methyl sites for hydroxylation is 1. The average molecular weight is 325 g/mol. The smallest absolute Gasteiger partial charge is 0.240 e. The zero-order valence-electron chi connectivity index (χ0n) is 11.2. The van der Waals surface area contributed by atoms with Gasteiger partial charge in [-0.2, -0.15) is 0 Å². The fourth-order valence-electron chi connectivity index (χ4n) is 1.55. The third kappa shape index (κ3) is 4.04. The van der Waals surface area contributed by atoms with Gasteiger partial charge in [-0.3, -0.25) is 5.10 Å². The summed E-state index contributed by atoms with van der Waals surface area (Å²) in [6, 6.07) is 4.24. The van der Waals surface area contributed by atoms with Gasteiger partial charge in [0.05, 0.1) is 0 Å². The Kier molecular flexibility index (Phi) is 4.55. The molecule has 0 spiro atoms. The number of nitrogens with zero attached hydrogens (tertiary/aromatic N) is 2. The molecular formula is C13H17BrN4O. The third-order valence-electron chi connectivity index (χ3n) is 2.48. The molecule has 2 aromatic heterocycles. The molecular weight excluding hydrogens is 308 g/mol. The van der Waals surface area contributed by atoms with Gasteiger partial charge in [0.25, 0.3) is 0 Å². The van der Waals surface area contributed by atoms with Crippen LogP contribution in [0.1, 0.15) is 25.1 Å². The van der Waals surface area contributed by atoms with Gasteiger partial charge < -0.3 is 10.1 Å². The predicted molar refractivity (Wildman–Crippen MR) is 77.3 cm³/mol. The van der Waals surface area contributed by atoms with E-state index in [9.17, 15) is 0 Å². The van der Waals surface area contributed by atoms with E-state index in [-0.39, 0.29) is 0 Å². The predicted octanol–water partition coefficient (Wildman–Crippen LogP) is 3.17. The number of ether oxygens (including phenoxy) is 1. The Balaban J connectivity index is 2.18. The quantitative estimate of drug-likeness (QED) is 0.886. The van der Waals surface area contributed by atoms with E-state index < -0.39 is 0 Å². The molecule has 0 aliphatic rings. The van der Waals surface area contributed by atoms with Gasteiger partial charge >= 0.3 is 0 Å². The first-order valence-electron chi connectivity index (χ1n) is 6.12. The van der Waals surface area contributed by atoms with Crippen LogP contribution in [0, 0.1) is 6.92 Å². The molecule has 0 atom stereocenters. The molecule has 0 bridgehead atoms. The molecule has 0 aliphatic carbocycles. The zero-order chi connectivity index (χ0) is 13.8. The van der Waals surface area contributed by atoms with E-state index in [0.29, 0.717) is 24.3 Å². The summed E-state index contributed by atoms with van der Waals surface area (Å²) >= 11 is 3.43. The zero-order valence-corrected chi connectivity index (χ0v) is 12.8. The third-order valence-corrected chi connectivity index (χ3v) is 2.91. The van der Waals surface area contributed by atoms with E-state index in [1.807, 2.05) is 19.1 Å². The molecule has 0 aliphatic heterocycles. The minimum absolute atomic E-state index is 0.402. The second-order valence-electron chi connectivity index (χ2n) is 4.64. The van der Waals surface area contributed by atoms with Crippen LogP contribution in [0.25, 0.3) is 0 Å². The molecule has 0 amide bonds. The number of hydrogen-bond donors (Lipinski definition) is 2. The van der Waals surface area contributed by atoms with Gasteiger partial charge in [0, 0.05) is 40.6 Å². The standard InChI is InChI=1S/C13H17BrN4O/c1-8(2)15-6-10-5-11(14)7-16-13(10)19-12-4-9(3)17-18-12/h4-5,7-8,15H,6H2,1-3H3,(H,17,18). The van der Waals surface area contributed by atoms with E-state index >= 15 is 0 Å². The molecule has 0 aromatic carbocycles. The van der Waals surface area contributed by atoms with Crippen LogP contribution in [0.4, 0.5) is 0 Å². The number of rotatable bonds is 5. The van der Waals surface area contributed by atoms with Crippen molar-refractivity contribution in [3.63, 3.8) is 0 Å². The molecule has 2 rings (SSSR count). The molecule has 19 heavy (non-hydrogen) atoms. The lowest BCUT2D eigenvalue weighted by Crippen LogP contribution is -2.22. The van der Waals surface area contributed by atoms with Crippen molar-refractivity contribution in [2.24, 2.45) is 0 Å². The summed E-state index contributed by atoms with van der Waals surface area (Å²) in [6.07, 6.45) is 1.72. The molecule has 0 radical (unpaired) electrons. The molecule has 0 saturated heterocycles. The molecule has 2 aromatic rings. The highest BCUT2D eigenvalue weighted by Gasteiger charge is 2.10. The first kappa shape index (κ1) is 14.0. The minimum atomic E-state index is 0.402. The highest BCUT2D eigenvalue weighted by atomic mass is 79.9. The molecule has 5 nitrogen and oxygen atoms in total. The van der Waals surface area contributed by atoms with E-state index in [1.165, 1.54) is 0 Å². The Bertz CT molecular complexity index is 553. The van der Waals surface area contributed by atoms with Crippen LogP contribution in [0.2, 0.25) is 0 Å². The van der Waals surface area contributed by atoms with E-state index in [4.69, 9.17) is 4.74 Å². The summed E-state index contributed by atoms with van der Waals surface area (Å²) in [7, 11) is 0. The molecule has 0 fully saturated rings. The van der Waals surface area contributed by atoms with Crippen LogP contribution in [-0.4, -0.2) is 21.2 Å². The highest BCUT2D eigenvalue weighted by Crippen LogP contribution is 2.24. The van der Waals surface area contributed by atoms with E-state index in [1.54, 1.807) is 6.20 Å². The fourth-order valence-corrected chi connectivity index (χ4v) is 1.92. The van der Waals surface area contributed by atoms with Crippen LogP contribution >= 0.6 is 15.9 Å². The Hall–Kier alpha value is -1.40. The van der Waals surface area contributed by atoms with Crippen molar-refractivity contribution >= 4 is 15.9 Å². The summed E-state index contributed by atoms with van der Waals surface area (Å²) in [5.74, 6) is 1.10. The monoisotopic (exact) mass is 324 g/mol. The lowest BCUT2D eigenvalue weighted by molar-refractivity contribution is 0.432. The molecule has 0 saturated carbocycles. The molecule has 2 N–H and O–H groups in total. The van der Waals surface area contributed by atoms with Gasteiger partial charge in [0.1, 0.15) is 0 Å². The maximum Gasteiger partial charge on any atom is 0.240 e. The number of pyridine rings is 1. The highest BCUT2D eigenvalue weighted by molar-refractivity contribution is 9.10. The van der Waals surface area contributed by atoms with Crippen molar-refractivity contribution in [2.45, 2.75) is 33.4 Å². The minimum Gasteiger partial charge on any atom is -0.419 e. The van der Waals surface area contributed by atoms with Crippen molar-refractivity contribution in [2.75, 3.05) is 0 Å². The molecule has 0 unspecified atom stereocenters. The van der Waals surface area contributed by atoms with Crippen molar-refractivity contribution in [1.29, 1.82) is 0 Å². The Morgan fingerprint density at radius 1 is 1.42 bits per heavy atom. The summed E-state index contributed by atoms with van der Waals surface area (Å²) in [5, 5.41) is 10.2. The first-order chi connectivity index (χ1) is 9.04. The lowest BCUT2D eigenvalue weighted by Gasteiger charge is -2.11. The lowest BCUT2D eigenvalue weighted by atomic mass is 10.2. The summed E-state index contributed by atoms with van der Waals surface area (Å²) in [5.41, 5.74) is 1.94. The Labute approximate surface area is 120 Å². The topological polar surface area (TPSA) is 62.8 Å². The van der Waals surface area contributed by atoms with Crippen molar-refractivity contribution in [3.05, 3.63) is 34.1 Å². The summed E-state index contributed by atoms with van der Waals surface area (Å²) in [6.45, 7) is 6.82. The fraction of sp³-hybridized carbons (Fsp3) is 0.385. The van der Waals surface area contributed by atoms with E-state index in [0.717, 1.165) is 15.7 Å². The first-order valence-corrected chi connectivity index (χ1v) is 6.91. The normalized spacial score (nSPS) is 11.0. The summed E-state index contributed by atoms with van der Waals surface area (Å²) < 4.78 is 6.63. The SMILES string of the molecule is Cc1cc(Oc2ncc(Br)cc2CNC(C)C)n[nH]1. The van der Waals surface area contributed by atoms with Crippen LogP contribution in [0.15, 0.2) is 22.8 Å². The maximum atomic E-state index is 5.70. The van der Waals surface area contributed by atoms with Gasteiger partial charge in [-0.1, -0.05) is 13.8 Å². The van der Waals surface area contributed by atoms with Crippen LogP contribution in [0.5, 0.6) is 11.8 Å². The number of halogens is 1. The maximum absolute atomic E-state index is 5.70. The van der Waals surface area contributed by atoms with Crippen molar-refractivity contribution < 1.29 is 4.74 Å².